The molecule has 5 nitrogen and oxygen atoms in total. The van der Waals surface area contributed by atoms with Crippen molar-refractivity contribution in [1.29, 1.82) is 0 Å². The molecule has 20 heavy (non-hydrogen) atoms. The normalized spacial score (nSPS) is 25.3. The molecule has 2 aromatic rings. The van der Waals surface area contributed by atoms with Crippen LogP contribution in [0, 0.1) is 0 Å². The average molecular weight is 286 g/mol. The summed E-state index contributed by atoms with van der Waals surface area (Å²) in [7, 11) is 0. The maximum atomic E-state index is 12.3. The Morgan fingerprint density at radius 3 is 2.85 bits per heavy atom. The van der Waals surface area contributed by atoms with Gasteiger partial charge >= 0.3 is 0 Å². The second-order valence-corrected chi connectivity index (χ2v) is 5.90. The number of rotatable bonds is 2. The van der Waals surface area contributed by atoms with E-state index in [0.29, 0.717) is 6.42 Å². The van der Waals surface area contributed by atoms with Crippen molar-refractivity contribution in [3.05, 3.63) is 35.3 Å². The topological polar surface area (TPSA) is 49.3 Å². The molecule has 102 valence electrons. The summed E-state index contributed by atoms with van der Waals surface area (Å²) in [6.45, 7) is 0.910. The highest BCUT2D eigenvalue weighted by Gasteiger charge is 2.48. The average Bonchev–Trinajstić information content (AvgIpc) is 3.16. The monoisotopic (exact) mass is 286 g/mol. The predicted octanol–water partition coefficient (Wildman–Crippen LogP) is 1.92. The summed E-state index contributed by atoms with van der Waals surface area (Å²) in [5, 5.41) is 4.06. The third-order valence-corrected chi connectivity index (χ3v) is 4.76. The number of anilines is 2. The van der Waals surface area contributed by atoms with Gasteiger partial charge in [0.15, 0.2) is 0 Å². The third-order valence-electron chi connectivity index (χ3n) is 4.09. The van der Waals surface area contributed by atoms with Gasteiger partial charge in [0.05, 0.1) is 17.8 Å². The smallest absolute Gasteiger partial charge is 0.229 e. The molecule has 0 radical (unpaired) electrons. The molecule has 2 aromatic heterocycles. The highest BCUT2D eigenvalue weighted by molar-refractivity contribution is 7.08. The molecule has 2 aliphatic rings. The van der Waals surface area contributed by atoms with E-state index in [4.69, 9.17) is 0 Å². The van der Waals surface area contributed by atoms with E-state index < -0.39 is 0 Å². The van der Waals surface area contributed by atoms with Gasteiger partial charge < -0.3 is 9.80 Å². The predicted molar refractivity (Wildman–Crippen MR) is 78.0 cm³/mol. The third kappa shape index (κ3) is 1.71. The lowest BCUT2D eigenvalue weighted by atomic mass is 10.1. The SMILES string of the molecule is O=C1C[C@@H]2[C@H](CCN2c2ncccn2)N1c1ccsc1. The standard InChI is InChI=1S/C14H14N4OS/c19-13-8-12-11(18(13)10-3-7-20-9-10)2-6-17(12)14-15-4-1-5-16-14/h1,3-5,7,9,11-12H,2,6,8H2/t11-,12+/m0/s1. The van der Waals surface area contributed by atoms with Crippen LogP contribution in [0.25, 0.3) is 0 Å². The number of aromatic nitrogens is 2. The zero-order valence-corrected chi connectivity index (χ0v) is 11.7. The number of amides is 1. The molecule has 2 atom stereocenters. The van der Waals surface area contributed by atoms with Gasteiger partial charge in [-0.3, -0.25) is 4.79 Å². The van der Waals surface area contributed by atoms with Gasteiger partial charge in [0, 0.05) is 30.7 Å². The van der Waals surface area contributed by atoms with Crippen molar-refractivity contribution in [3.63, 3.8) is 0 Å². The molecule has 4 rings (SSSR count). The number of hydrogen-bond donors (Lipinski definition) is 0. The summed E-state index contributed by atoms with van der Waals surface area (Å²) in [4.78, 5) is 25.1. The molecule has 0 saturated carbocycles. The highest BCUT2D eigenvalue weighted by Crippen LogP contribution is 2.37. The van der Waals surface area contributed by atoms with Gasteiger partial charge in [0.1, 0.15) is 0 Å². The number of nitrogens with zero attached hydrogens (tertiary/aromatic N) is 4. The van der Waals surface area contributed by atoms with Crippen molar-refractivity contribution in [1.82, 2.24) is 9.97 Å². The van der Waals surface area contributed by atoms with Crippen LogP contribution in [0.2, 0.25) is 0 Å². The van der Waals surface area contributed by atoms with E-state index in [9.17, 15) is 4.79 Å². The number of hydrogen-bond acceptors (Lipinski definition) is 5. The lowest BCUT2D eigenvalue weighted by Crippen LogP contribution is -2.37. The molecule has 2 saturated heterocycles. The van der Waals surface area contributed by atoms with Crippen LogP contribution in [0.4, 0.5) is 11.6 Å². The van der Waals surface area contributed by atoms with Gasteiger partial charge in [-0.25, -0.2) is 9.97 Å². The molecular weight excluding hydrogens is 272 g/mol. The van der Waals surface area contributed by atoms with E-state index >= 15 is 0 Å². The van der Waals surface area contributed by atoms with Gasteiger partial charge in [-0.05, 0) is 23.9 Å². The quantitative estimate of drug-likeness (QED) is 0.846. The Morgan fingerprint density at radius 2 is 2.10 bits per heavy atom. The first-order valence-corrected chi connectivity index (χ1v) is 7.67. The van der Waals surface area contributed by atoms with Crippen LogP contribution in [0.5, 0.6) is 0 Å². The molecule has 0 bridgehead atoms. The molecule has 0 aliphatic carbocycles. The Morgan fingerprint density at radius 1 is 1.25 bits per heavy atom. The van der Waals surface area contributed by atoms with E-state index in [1.165, 1.54) is 0 Å². The Balaban J connectivity index is 1.65. The molecule has 1 amide bonds. The molecular formula is C14H14N4OS. The lowest BCUT2D eigenvalue weighted by Gasteiger charge is -2.24. The molecule has 4 heterocycles. The van der Waals surface area contributed by atoms with Crippen LogP contribution in [-0.4, -0.2) is 34.5 Å². The van der Waals surface area contributed by atoms with E-state index in [0.717, 1.165) is 24.6 Å². The van der Waals surface area contributed by atoms with Crippen LogP contribution in [0.1, 0.15) is 12.8 Å². The van der Waals surface area contributed by atoms with Crippen LogP contribution < -0.4 is 9.80 Å². The molecule has 2 fully saturated rings. The summed E-state index contributed by atoms with van der Waals surface area (Å²) in [6.07, 6.45) is 5.04. The van der Waals surface area contributed by atoms with E-state index in [-0.39, 0.29) is 18.0 Å². The molecule has 2 aliphatic heterocycles. The van der Waals surface area contributed by atoms with E-state index in [2.05, 4.69) is 14.9 Å². The number of carbonyl (C=O) groups excluding carboxylic acids is 1. The molecule has 0 aromatic carbocycles. The first kappa shape index (κ1) is 11.8. The van der Waals surface area contributed by atoms with Gasteiger partial charge in [-0.1, -0.05) is 0 Å². The minimum absolute atomic E-state index is 0.199. The summed E-state index contributed by atoms with van der Waals surface area (Å²) < 4.78 is 0. The minimum Gasteiger partial charge on any atom is -0.335 e. The van der Waals surface area contributed by atoms with E-state index in [1.54, 1.807) is 23.7 Å². The van der Waals surface area contributed by atoms with Crippen molar-refractivity contribution in [3.8, 4) is 0 Å². The van der Waals surface area contributed by atoms with Crippen LogP contribution >= 0.6 is 11.3 Å². The second-order valence-electron chi connectivity index (χ2n) is 5.11. The largest absolute Gasteiger partial charge is 0.335 e. The zero-order chi connectivity index (χ0) is 13.5. The zero-order valence-electron chi connectivity index (χ0n) is 10.8. The Kier molecular flexibility index (Phi) is 2.70. The van der Waals surface area contributed by atoms with Crippen molar-refractivity contribution in [2.45, 2.75) is 24.9 Å². The Bertz CT molecular complexity index is 615. The van der Waals surface area contributed by atoms with Crippen molar-refractivity contribution < 1.29 is 4.79 Å². The second kappa shape index (κ2) is 4.56. The molecule has 0 spiro atoms. The highest BCUT2D eigenvalue weighted by atomic mass is 32.1. The summed E-state index contributed by atoms with van der Waals surface area (Å²) in [5.74, 6) is 0.944. The fourth-order valence-electron chi connectivity index (χ4n) is 3.26. The Labute approximate surface area is 120 Å². The molecule has 0 N–H and O–H groups in total. The summed E-state index contributed by atoms with van der Waals surface area (Å²) in [5.41, 5.74) is 1.03. The van der Waals surface area contributed by atoms with Gasteiger partial charge in [-0.2, -0.15) is 11.3 Å². The fraction of sp³-hybridized carbons (Fsp3) is 0.357. The minimum atomic E-state index is 0.199. The fourth-order valence-corrected chi connectivity index (χ4v) is 3.89. The summed E-state index contributed by atoms with van der Waals surface area (Å²) >= 11 is 1.63. The maximum absolute atomic E-state index is 12.3. The molecule has 6 heteroatoms. The molecule has 0 unspecified atom stereocenters. The number of fused-ring (bicyclic) bond motifs is 1. The number of carbonyl (C=O) groups is 1. The van der Waals surface area contributed by atoms with Gasteiger partial charge in [0.2, 0.25) is 11.9 Å². The first-order chi connectivity index (χ1) is 9.84. The van der Waals surface area contributed by atoms with Crippen molar-refractivity contribution in [2.24, 2.45) is 0 Å². The lowest BCUT2D eigenvalue weighted by molar-refractivity contribution is -0.117. The van der Waals surface area contributed by atoms with Gasteiger partial charge in [-0.15, -0.1) is 0 Å². The van der Waals surface area contributed by atoms with Crippen molar-refractivity contribution in [2.75, 3.05) is 16.3 Å². The first-order valence-electron chi connectivity index (χ1n) is 6.72. The van der Waals surface area contributed by atoms with E-state index in [1.807, 2.05) is 27.8 Å². The van der Waals surface area contributed by atoms with Crippen LogP contribution in [0.3, 0.4) is 0 Å². The Hall–Kier alpha value is -1.95. The summed E-state index contributed by atoms with van der Waals surface area (Å²) in [6, 6.07) is 4.28. The number of thiophene rings is 1. The van der Waals surface area contributed by atoms with Crippen molar-refractivity contribution >= 4 is 28.9 Å². The maximum Gasteiger partial charge on any atom is 0.229 e. The van der Waals surface area contributed by atoms with Gasteiger partial charge in [0.25, 0.3) is 0 Å². The van der Waals surface area contributed by atoms with Crippen LogP contribution in [-0.2, 0) is 4.79 Å². The van der Waals surface area contributed by atoms with Crippen LogP contribution in [0.15, 0.2) is 35.3 Å².